The minimum Gasteiger partial charge on any atom is -0.494 e. The summed E-state index contributed by atoms with van der Waals surface area (Å²) in [7, 11) is 7.75. The van der Waals surface area contributed by atoms with Crippen molar-refractivity contribution in [1.29, 1.82) is 0 Å². The number of anilines is 6. The Morgan fingerprint density at radius 1 is 1.07 bits per heavy atom. The molecule has 3 heterocycles. The molecule has 0 unspecified atom stereocenters. The van der Waals surface area contributed by atoms with E-state index in [9.17, 15) is 4.79 Å². The van der Waals surface area contributed by atoms with Crippen molar-refractivity contribution >= 4 is 40.4 Å². The quantitative estimate of drug-likeness (QED) is 0.227. The molecule has 2 aromatic carbocycles. The first-order valence-corrected chi connectivity index (χ1v) is 13.9. The monoisotopic (exact) mass is 567 g/mol. The summed E-state index contributed by atoms with van der Waals surface area (Å²) in [5.74, 6) is 1.30. The van der Waals surface area contributed by atoms with Crippen LogP contribution < -0.4 is 25.6 Å². The molecule has 218 valence electrons. The number of benzene rings is 2. The topological polar surface area (TPSA) is 112 Å². The average Bonchev–Trinajstić information content (AvgIpc) is 3.43. The van der Waals surface area contributed by atoms with Crippen molar-refractivity contribution in [2.24, 2.45) is 7.05 Å². The number of carbonyl (C=O) groups excluding carboxylic acids is 1. The van der Waals surface area contributed by atoms with E-state index in [0.29, 0.717) is 34.9 Å². The number of rotatable bonds is 10. The number of hydrogen-bond acceptors (Lipinski definition) is 9. The lowest BCUT2D eigenvalue weighted by atomic mass is 10.0. The summed E-state index contributed by atoms with van der Waals surface area (Å²) < 4.78 is 7.55. The van der Waals surface area contributed by atoms with Gasteiger partial charge in [0.2, 0.25) is 11.9 Å². The van der Waals surface area contributed by atoms with Gasteiger partial charge in [-0.1, -0.05) is 24.8 Å². The zero-order valence-corrected chi connectivity index (χ0v) is 24.5. The first-order chi connectivity index (χ1) is 20.3. The maximum absolute atomic E-state index is 12.4. The van der Waals surface area contributed by atoms with Gasteiger partial charge >= 0.3 is 0 Å². The highest BCUT2D eigenvalue weighted by Crippen LogP contribution is 2.39. The van der Waals surface area contributed by atoms with E-state index in [0.717, 1.165) is 48.6 Å². The highest BCUT2D eigenvalue weighted by molar-refractivity contribution is 6.02. The maximum atomic E-state index is 12.4. The number of para-hydroxylation sites is 1. The van der Waals surface area contributed by atoms with E-state index >= 15 is 0 Å². The number of ether oxygens (including phenoxy) is 1. The predicted molar refractivity (Wildman–Crippen MR) is 168 cm³/mol. The summed E-state index contributed by atoms with van der Waals surface area (Å²) in [5, 5.41) is 14.2. The van der Waals surface area contributed by atoms with Gasteiger partial charge in [-0.05, 0) is 57.3 Å². The largest absolute Gasteiger partial charge is 0.494 e. The van der Waals surface area contributed by atoms with Gasteiger partial charge in [0.1, 0.15) is 11.6 Å². The Hall–Kier alpha value is -4.90. The molecule has 3 N–H and O–H groups in total. The normalized spacial score (nSPS) is 13.6. The third-order valence-electron chi connectivity index (χ3n) is 7.38. The van der Waals surface area contributed by atoms with Crippen molar-refractivity contribution in [3.63, 3.8) is 0 Å². The number of piperidine rings is 1. The van der Waals surface area contributed by atoms with Crippen LogP contribution >= 0.6 is 0 Å². The van der Waals surface area contributed by atoms with Crippen LogP contribution in [0.15, 0.2) is 73.6 Å². The van der Waals surface area contributed by atoms with Gasteiger partial charge in [-0.25, -0.2) is 4.98 Å². The first-order valence-electron chi connectivity index (χ1n) is 13.9. The Morgan fingerprint density at radius 2 is 1.86 bits per heavy atom. The minimum atomic E-state index is -0.287. The van der Waals surface area contributed by atoms with E-state index < -0.39 is 0 Å². The molecule has 1 amide bonds. The molecule has 1 aliphatic heterocycles. The fourth-order valence-corrected chi connectivity index (χ4v) is 5.13. The highest BCUT2D eigenvalue weighted by atomic mass is 16.5. The number of nitrogens with zero attached hydrogens (tertiary/aromatic N) is 6. The molecule has 1 fully saturated rings. The van der Waals surface area contributed by atoms with Crippen LogP contribution in [-0.2, 0) is 11.8 Å². The number of aryl methyl sites for hydroxylation is 1. The van der Waals surface area contributed by atoms with Crippen LogP contribution in [0.25, 0.3) is 11.3 Å². The number of amides is 1. The molecule has 11 heteroatoms. The van der Waals surface area contributed by atoms with Gasteiger partial charge in [-0.3, -0.25) is 9.48 Å². The van der Waals surface area contributed by atoms with E-state index in [-0.39, 0.29) is 5.91 Å². The molecule has 0 radical (unpaired) electrons. The second kappa shape index (κ2) is 12.7. The summed E-state index contributed by atoms with van der Waals surface area (Å²) in [6, 6.07) is 16.0. The van der Waals surface area contributed by atoms with Crippen molar-refractivity contribution < 1.29 is 9.53 Å². The van der Waals surface area contributed by atoms with E-state index in [1.54, 1.807) is 24.1 Å². The molecule has 0 bridgehead atoms. The van der Waals surface area contributed by atoms with Gasteiger partial charge in [0.05, 0.1) is 29.9 Å². The minimum absolute atomic E-state index is 0.287. The molecule has 1 saturated heterocycles. The lowest BCUT2D eigenvalue weighted by Gasteiger charge is -2.37. The van der Waals surface area contributed by atoms with Crippen molar-refractivity contribution in [2.45, 2.75) is 18.9 Å². The molecule has 0 atom stereocenters. The fourth-order valence-electron chi connectivity index (χ4n) is 5.13. The van der Waals surface area contributed by atoms with Gasteiger partial charge < -0.3 is 30.5 Å². The lowest BCUT2D eigenvalue weighted by molar-refractivity contribution is -0.111. The standard InChI is InChI=1S/C31H37N9O2/c1-6-30(41)34-25-19-26(28(42-5)20-27(25)40-17-12-21(13-18-40)38(2)3)35-31-32-15-11-29(36-31)33-23-10-8-7-9-22(23)24-14-16-39(4)37-24/h6-11,14-16,19-21H,1,12-13,17-18H2,2-5H3,(H,34,41)(H2,32,33,35,36). The smallest absolute Gasteiger partial charge is 0.247 e. The van der Waals surface area contributed by atoms with E-state index in [1.165, 1.54) is 6.08 Å². The Balaban J connectivity index is 1.41. The zero-order valence-electron chi connectivity index (χ0n) is 24.5. The van der Waals surface area contributed by atoms with Crippen LogP contribution in [0.4, 0.5) is 34.5 Å². The highest BCUT2D eigenvalue weighted by Gasteiger charge is 2.24. The summed E-state index contributed by atoms with van der Waals surface area (Å²) in [6.45, 7) is 5.35. The number of carbonyl (C=O) groups is 1. The van der Waals surface area contributed by atoms with Crippen LogP contribution in [0, 0.1) is 0 Å². The summed E-state index contributed by atoms with van der Waals surface area (Å²) in [4.78, 5) is 26.1. The molecular formula is C31H37N9O2. The summed E-state index contributed by atoms with van der Waals surface area (Å²) in [5.41, 5.74) is 4.86. The van der Waals surface area contributed by atoms with Gasteiger partial charge in [0, 0.05) is 55.9 Å². The molecule has 4 aromatic rings. The SMILES string of the molecule is C=CC(=O)Nc1cc(Nc2nccc(Nc3ccccc3-c3ccn(C)n3)n2)c(OC)cc1N1CCC(N(C)C)CC1. The Bertz CT molecular complexity index is 1560. The maximum Gasteiger partial charge on any atom is 0.247 e. The van der Waals surface area contributed by atoms with Crippen molar-refractivity contribution in [1.82, 2.24) is 24.6 Å². The molecule has 42 heavy (non-hydrogen) atoms. The molecule has 0 saturated carbocycles. The first kappa shape index (κ1) is 28.6. The average molecular weight is 568 g/mol. The van der Waals surface area contributed by atoms with Gasteiger partial charge in [-0.15, -0.1) is 0 Å². The van der Waals surface area contributed by atoms with Crippen molar-refractivity contribution in [3.8, 4) is 17.0 Å². The molecular weight excluding hydrogens is 530 g/mol. The third kappa shape index (κ3) is 6.52. The Morgan fingerprint density at radius 3 is 2.55 bits per heavy atom. The lowest BCUT2D eigenvalue weighted by Crippen LogP contribution is -2.42. The Kier molecular flexibility index (Phi) is 8.68. The van der Waals surface area contributed by atoms with Crippen LogP contribution in [-0.4, -0.2) is 70.9 Å². The molecule has 2 aromatic heterocycles. The molecule has 1 aliphatic rings. The summed E-state index contributed by atoms with van der Waals surface area (Å²) in [6.07, 6.45) is 6.91. The van der Waals surface area contributed by atoms with E-state index in [2.05, 4.69) is 61.5 Å². The summed E-state index contributed by atoms with van der Waals surface area (Å²) >= 11 is 0. The van der Waals surface area contributed by atoms with Gasteiger partial charge in [-0.2, -0.15) is 10.1 Å². The third-order valence-corrected chi connectivity index (χ3v) is 7.38. The molecule has 0 spiro atoms. The predicted octanol–water partition coefficient (Wildman–Crippen LogP) is 5.03. The second-order valence-electron chi connectivity index (χ2n) is 10.4. The van der Waals surface area contributed by atoms with Crippen LogP contribution in [0.3, 0.4) is 0 Å². The zero-order chi connectivity index (χ0) is 29.6. The second-order valence-corrected chi connectivity index (χ2v) is 10.4. The van der Waals surface area contributed by atoms with Crippen molar-refractivity contribution in [2.75, 3.05) is 55.1 Å². The van der Waals surface area contributed by atoms with Crippen molar-refractivity contribution in [3.05, 3.63) is 73.6 Å². The molecule has 5 rings (SSSR count). The van der Waals surface area contributed by atoms with Crippen LogP contribution in [0.2, 0.25) is 0 Å². The van der Waals surface area contributed by atoms with Crippen LogP contribution in [0.1, 0.15) is 12.8 Å². The number of methoxy groups -OCH3 is 1. The number of hydrogen-bond donors (Lipinski definition) is 3. The van der Waals surface area contributed by atoms with Gasteiger partial charge in [0.25, 0.3) is 0 Å². The van der Waals surface area contributed by atoms with Crippen LogP contribution in [0.5, 0.6) is 5.75 Å². The van der Waals surface area contributed by atoms with E-state index in [4.69, 9.17) is 4.74 Å². The number of nitrogens with one attached hydrogen (secondary N) is 3. The molecule has 11 nitrogen and oxygen atoms in total. The molecule has 0 aliphatic carbocycles. The van der Waals surface area contributed by atoms with Gasteiger partial charge in [0.15, 0.2) is 0 Å². The fraction of sp³-hybridized carbons (Fsp3) is 0.290. The Labute approximate surface area is 246 Å². The number of aromatic nitrogens is 4. The van der Waals surface area contributed by atoms with E-state index in [1.807, 2.05) is 55.7 Å².